The molecule has 1 atom stereocenters. The standard InChI is InChI=1S/C24H28FN3O4S/c25-20-12-11-19(16-22(20)33(31,32)28-14-5-2-6-15-28)24(30)26-21(18-8-3-1-4-9-18)17-27-13-7-10-23(27)29/h1,3-4,8-9,11-12,16,21H,2,5-7,10,13-15,17H2,(H,26,30). The van der Waals surface area contributed by atoms with Crippen molar-refractivity contribution in [1.82, 2.24) is 14.5 Å². The van der Waals surface area contributed by atoms with Crippen molar-refractivity contribution < 1.29 is 22.4 Å². The van der Waals surface area contributed by atoms with E-state index in [4.69, 9.17) is 0 Å². The Kier molecular flexibility index (Phi) is 7.09. The summed E-state index contributed by atoms with van der Waals surface area (Å²) >= 11 is 0. The summed E-state index contributed by atoms with van der Waals surface area (Å²) in [5, 5.41) is 2.91. The molecule has 2 aromatic carbocycles. The Hall–Kier alpha value is -2.78. The number of piperidine rings is 1. The van der Waals surface area contributed by atoms with Gasteiger partial charge in [0.1, 0.15) is 10.7 Å². The largest absolute Gasteiger partial charge is 0.343 e. The molecule has 0 radical (unpaired) electrons. The number of amides is 2. The molecule has 2 heterocycles. The number of hydrogen-bond donors (Lipinski definition) is 1. The molecular formula is C24H28FN3O4S. The minimum Gasteiger partial charge on any atom is -0.343 e. The first kappa shape index (κ1) is 23.4. The highest BCUT2D eigenvalue weighted by molar-refractivity contribution is 7.89. The molecule has 176 valence electrons. The van der Waals surface area contributed by atoms with Crippen LogP contribution in [0.1, 0.15) is 54.1 Å². The molecule has 0 spiro atoms. The number of benzene rings is 2. The van der Waals surface area contributed by atoms with Gasteiger partial charge in [-0.3, -0.25) is 9.59 Å². The third-order valence-corrected chi connectivity index (χ3v) is 8.12. The van der Waals surface area contributed by atoms with Gasteiger partial charge >= 0.3 is 0 Å². The van der Waals surface area contributed by atoms with Crippen molar-refractivity contribution in [1.29, 1.82) is 0 Å². The van der Waals surface area contributed by atoms with E-state index in [1.165, 1.54) is 10.4 Å². The van der Waals surface area contributed by atoms with E-state index in [0.717, 1.165) is 43.4 Å². The van der Waals surface area contributed by atoms with Gasteiger partial charge in [0.15, 0.2) is 0 Å². The van der Waals surface area contributed by atoms with Crippen molar-refractivity contribution in [3.05, 3.63) is 65.5 Å². The molecule has 2 amide bonds. The molecule has 2 saturated heterocycles. The normalized spacial score (nSPS) is 18.3. The maximum absolute atomic E-state index is 14.5. The van der Waals surface area contributed by atoms with Crippen LogP contribution in [0.25, 0.3) is 0 Å². The molecule has 0 bridgehead atoms. The first-order valence-corrected chi connectivity index (χ1v) is 12.7. The second-order valence-electron chi connectivity index (χ2n) is 8.49. The average molecular weight is 474 g/mol. The van der Waals surface area contributed by atoms with Gasteiger partial charge in [0.25, 0.3) is 5.91 Å². The summed E-state index contributed by atoms with van der Waals surface area (Å²) < 4.78 is 41.8. The van der Waals surface area contributed by atoms with Crippen molar-refractivity contribution in [2.75, 3.05) is 26.2 Å². The third kappa shape index (κ3) is 5.25. The molecule has 1 N–H and O–H groups in total. The van der Waals surface area contributed by atoms with Gasteiger partial charge in [-0.05, 0) is 43.0 Å². The maximum Gasteiger partial charge on any atom is 0.251 e. The monoisotopic (exact) mass is 473 g/mol. The number of halogens is 1. The molecular weight excluding hydrogens is 445 g/mol. The Labute approximate surface area is 193 Å². The lowest BCUT2D eigenvalue weighted by atomic mass is 10.1. The predicted molar refractivity (Wildman–Crippen MR) is 121 cm³/mol. The van der Waals surface area contributed by atoms with Gasteiger partial charge in [-0.1, -0.05) is 36.8 Å². The van der Waals surface area contributed by atoms with Crippen LogP contribution in [-0.4, -0.2) is 55.6 Å². The summed E-state index contributed by atoms with van der Waals surface area (Å²) in [6.45, 7) is 1.64. The zero-order valence-corrected chi connectivity index (χ0v) is 19.2. The Morgan fingerprint density at radius 1 is 1.00 bits per heavy atom. The summed E-state index contributed by atoms with van der Waals surface area (Å²) in [6, 6.07) is 12.2. The molecule has 0 aliphatic carbocycles. The lowest BCUT2D eigenvalue weighted by molar-refractivity contribution is -0.128. The number of carbonyl (C=O) groups excluding carboxylic acids is 2. The SMILES string of the molecule is O=C(NC(CN1CCCC1=O)c1ccccc1)c1ccc(F)c(S(=O)(=O)N2CCCCC2)c1. The van der Waals surface area contributed by atoms with Crippen molar-refractivity contribution in [3.63, 3.8) is 0 Å². The molecule has 2 aliphatic rings. The molecule has 0 aromatic heterocycles. The molecule has 9 heteroatoms. The molecule has 1 unspecified atom stereocenters. The second kappa shape index (κ2) is 10.0. The zero-order chi connectivity index (χ0) is 23.4. The quantitative estimate of drug-likeness (QED) is 0.670. The van der Waals surface area contributed by atoms with Crippen molar-refractivity contribution >= 4 is 21.8 Å². The van der Waals surface area contributed by atoms with E-state index < -0.39 is 32.7 Å². The number of rotatable bonds is 7. The van der Waals surface area contributed by atoms with E-state index in [0.29, 0.717) is 32.6 Å². The highest BCUT2D eigenvalue weighted by atomic mass is 32.2. The summed E-state index contributed by atoms with van der Waals surface area (Å²) in [4.78, 5) is 26.5. The fraction of sp³-hybridized carbons (Fsp3) is 0.417. The number of sulfonamides is 1. The minimum atomic E-state index is -4.03. The maximum atomic E-state index is 14.5. The molecule has 2 aromatic rings. The van der Waals surface area contributed by atoms with Crippen molar-refractivity contribution in [2.24, 2.45) is 0 Å². The highest BCUT2D eigenvalue weighted by Gasteiger charge is 2.30. The minimum absolute atomic E-state index is 0.0434. The first-order valence-electron chi connectivity index (χ1n) is 11.3. The van der Waals surface area contributed by atoms with Crippen LogP contribution in [0.3, 0.4) is 0 Å². The lowest BCUT2D eigenvalue weighted by Crippen LogP contribution is -2.39. The van der Waals surface area contributed by atoms with Crippen LogP contribution in [0.5, 0.6) is 0 Å². The summed E-state index contributed by atoms with van der Waals surface area (Å²) in [7, 11) is -4.03. The van der Waals surface area contributed by atoms with Gasteiger partial charge in [-0.2, -0.15) is 4.31 Å². The zero-order valence-electron chi connectivity index (χ0n) is 18.4. The molecule has 4 rings (SSSR count). The second-order valence-corrected chi connectivity index (χ2v) is 10.4. The Morgan fingerprint density at radius 2 is 1.73 bits per heavy atom. The Morgan fingerprint density at radius 3 is 2.39 bits per heavy atom. The van der Waals surface area contributed by atoms with E-state index in [-0.39, 0.29) is 11.5 Å². The fourth-order valence-electron chi connectivity index (χ4n) is 4.37. The first-order chi connectivity index (χ1) is 15.9. The van der Waals surface area contributed by atoms with E-state index in [2.05, 4.69) is 5.32 Å². The highest BCUT2D eigenvalue weighted by Crippen LogP contribution is 2.25. The number of nitrogens with zero attached hydrogens (tertiary/aromatic N) is 2. The smallest absolute Gasteiger partial charge is 0.251 e. The summed E-state index contributed by atoms with van der Waals surface area (Å²) in [6.07, 6.45) is 3.68. The van der Waals surface area contributed by atoms with E-state index in [9.17, 15) is 22.4 Å². The van der Waals surface area contributed by atoms with Crippen LogP contribution in [-0.2, 0) is 14.8 Å². The molecule has 33 heavy (non-hydrogen) atoms. The van der Waals surface area contributed by atoms with Gasteiger partial charge in [-0.25, -0.2) is 12.8 Å². The van der Waals surface area contributed by atoms with Crippen LogP contribution in [0, 0.1) is 5.82 Å². The predicted octanol–water partition coefficient (Wildman–Crippen LogP) is 3.09. The molecule has 2 aliphatic heterocycles. The van der Waals surface area contributed by atoms with Crippen LogP contribution in [0.15, 0.2) is 53.4 Å². The molecule has 2 fully saturated rings. The molecule has 0 saturated carbocycles. The number of carbonyl (C=O) groups is 2. The average Bonchev–Trinajstić information content (AvgIpc) is 3.24. The fourth-order valence-corrected chi connectivity index (χ4v) is 5.97. The topological polar surface area (TPSA) is 86.8 Å². The van der Waals surface area contributed by atoms with Crippen molar-refractivity contribution in [3.8, 4) is 0 Å². The third-order valence-electron chi connectivity index (χ3n) is 6.21. The van der Waals surface area contributed by atoms with Gasteiger partial charge < -0.3 is 10.2 Å². The lowest BCUT2D eigenvalue weighted by Gasteiger charge is -2.26. The van der Waals surface area contributed by atoms with Crippen LogP contribution >= 0.6 is 0 Å². The van der Waals surface area contributed by atoms with E-state index >= 15 is 0 Å². The number of hydrogen-bond acceptors (Lipinski definition) is 4. The number of nitrogens with one attached hydrogen (secondary N) is 1. The van der Waals surface area contributed by atoms with Gasteiger partial charge in [0.2, 0.25) is 15.9 Å². The van der Waals surface area contributed by atoms with E-state index in [1.54, 1.807) is 4.90 Å². The Bertz CT molecular complexity index is 1120. The van der Waals surface area contributed by atoms with Crippen LogP contribution in [0.2, 0.25) is 0 Å². The van der Waals surface area contributed by atoms with E-state index in [1.807, 2.05) is 30.3 Å². The van der Waals surface area contributed by atoms with Gasteiger partial charge in [0, 0.05) is 38.2 Å². The van der Waals surface area contributed by atoms with Gasteiger partial charge in [0.05, 0.1) is 6.04 Å². The molecule has 7 nitrogen and oxygen atoms in total. The van der Waals surface area contributed by atoms with Crippen LogP contribution < -0.4 is 5.32 Å². The Balaban J connectivity index is 1.58. The summed E-state index contributed by atoms with van der Waals surface area (Å²) in [5.41, 5.74) is 0.884. The summed E-state index contributed by atoms with van der Waals surface area (Å²) in [5.74, 6) is -1.35. The van der Waals surface area contributed by atoms with Crippen LogP contribution in [0.4, 0.5) is 4.39 Å². The number of likely N-dealkylation sites (tertiary alicyclic amines) is 1. The van der Waals surface area contributed by atoms with Crippen molar-refractivity contribution in [2.45, 2.75) is 43.0 Å². The van der Waals surface area contributed by atoms with Gasteiger partial charge in [-0.15, -0.1) is 0 Å².